The number of pyridine rings is 1. The van der Waals surface area contributed by atoms with Gasteiger partial charge in [0.15, 0.2) is 0 Å². The second kappa shape index (κ2) is 3.46. The van der Waals surface area contributed by atoms with Gasteiger partial charge in [-0.15, -0.1) is 0 Å². The molecule has 0 amide bonds. The summed E-state index contributed by atoms with van der Waals surface area (Å²) in [6, 6.07) is 2.11. The third-order valence-corrected chi connectivity index (χ3v) is 2.50. The Morgan fingerprint density at radius 3 is 3.08 bits per heavy atom. The SMILES string of the molecule is CC(C)c1nccc2c1COCC2. The van der Waals surface area contributed by atoms with E-state index in [1.165, 1.54) is 16.8 Å². The average molecular weight is 177 g/mol. The van der Waals surface area contributed by atoms with E-state index in [1.54, 1.807) is 0 Å². The Labute approximate surface area is 78.9 Å². The zero-order valence-corrected chi connectivity index (χ0v) is 8.21. The van der Waals surface area contributed by atoms with E-state index in [2.05, 4.69) is 24.9 Å². The number of fused-ring (bicyclic) bond motifs is 1. The van der Waals surface area contributed by atoms with E-state index in [-0.39, 0.29) is 0 Å². The molecule has 0 atom stereocenters. The number of hydrogen-bond donors (Lipinski definition) is 0. The minimum atomic E-state index is 0.497. The van der Waals surface area contributed by atoms with Crippen LogP contribution in [0.4, 0.5) is 0 Å². The van der Waals surface area contributed by atoms with Gasteiger partial charge in [-0.1, -0.05) is 13.8 Å². The van der Waals surface area contributed by atoms with Crippen molar-refractivity contribution in [2.24, 2.45) is 0 Å². The summed E-state index contributed by atoms with van der Waals surface area (Å²) >= 11 is 0. The molecule has 0 N–H and O–H groups in total. The minimum Gasteiger partial charge on any atom is -0.376 e. The smallest absolute Gasteiger partial charge is 0.0737 e. The monoisotopic (exact) mass is 177 g/mol. The lowest BCUT2D eigenvalue weighted by atomic mass is 9.97. The predicted octanol–water partition coefficient (Wildman–Crippen LogP) is 2.28. The third-order valence-electron chi connectivity index (χ3n) is 2.50. The van der Waals surface area contributed by atoms with E-state index in [1.807, 2.05) is 6.20 Å². The molecule has 0 saturated heterocycles. The van der Waals surface area contributed by atoms with E-state index in [4.69, 9.17) is 4.74 Å². The molecule has 0 bridgehead atoms. The van der Waals surface area contributed by atoms with Crippen molar-refractivity contribution in [1.29, 1.82) is 0 Å². The number of nitrogens with zero attached hydrogens (tertiary/aromatic N) is 1. The molecule has 0 radical (unpaired) electrons. The largest absolute Gasteiger partial charge is 0.376 e. The Morgan fingerprint density at radius 2 is 2.31 bits per heavy atom. The molecule has 0 aromatic carbocycles. The maximum atomic E-state index is 5.45. The van der Waals surface area contributed by atoms with Crippen LogP contribution in [0, 0.1) is 0 Å². The van der Waals surface area contributed by atoms with Crippen LogP contribution in [0.25, 0.3) is 0 Å². The molecular weight excluding hydrogens is 162 g/mol. The normalized spacial score (nSPS) is 15.9. The first-order valence-corrected chi connectivity index (χ1v) is 4.83. The van der Waals surface area contributed by atoms with Gasteiger partial charge in [-0.05, 0) is 24.0 Å². The van der Waals surface area contributed by atoms with E-state index in [0.717, 1.165) is 19.6 Å². The lowest BCUT2D eigenvalue weighted by molar-refractivity contribution is 0.109. The minimum absolute atomic E-state index is 0.497. The van der Waals surface area contributed by atoms with Crippen molar-refractivity contribution in [2.75, 3.05) is 6.61 Å². The highest BCUT2D eigenvalue weighted by Gasteiger charge is 2.15. The molecule has 2 nitrogen and oxygen atoms in total. The molecule has 13 heavy (non-hydrogen) atoms. The highest BCUT2D eigenvalue weighted by molar-refractivity contribution is 5.32. The van der Waals surface area contributed by atoms with Crippen LogP contribution in [0.5, 0.6) is 0 Å². The van der Waals surface area contributed by atoms with Crippen LogP contribution in [-0.4, -0.2) is 11.6 Å². The van der Waals surface area contributed by atoms with Gasteiger partial charge >= 0.3 is 0 Å². The van der Waals surface area contributed by atoms with Crippen LogP contribution >= 0.6 is 0 Å². The Balaban J connectivity index is 2.46. The van der Waals surface area contributed by atoms with Crippen molar-refractivity contribution in [1.82, 2.24) is 4.98 Å². The first-order valence-electron chi connectivity index (χ1n) is 4.83. The highest BCUT2D eigenvalue weighted by Crippen LogP contribution is 2.24. The zero-order valence-electron chi connectivity index (χ0n) is 8.21. The molecule has 1 aliphatic rings. The van der Waals surface area contributed by atoms with Crippen LogP contribution < -0.4 is 0 Å². The van der Waals surface area contributed by atoms with Crippen LogP contribution in [0.15, 0.2) is 12.3 Å². The summed E-state index contributed by atoms with van der Waals surface area (Å²) in [6.07, 6.45) is 2.96. The summed E-state index contributed by atoms with van der Waals surface area (Å²) in [5, 5.41) is 0. The number of aromatic nitrogens is 1. The van der Waals surface area contributed by atoms with E-state index >= 15 is 0 Å². The summed E-state index contributed by atoms with van der Waals surface area (Å²) in [4.78, 5) is 4.41. The quantitative estimate of drug-likeness (QED) is 0.656. The lowest BCUT2D eigenvalue weighted by Gasteiger charge is -2.20. The summed E-state index contributed by atoms with van der Waals surface area (Å²) in [6.45, 7) is 5.96. The predicted molar refractivity (Wildman–Crippen MR) is 51.7 cm³/mol. The Hall–Kier alpha value is -0.890. The van der Waals surface area contributed by atoms with Crippen LogP contribution in [0.3, 0.4) is 0 Å². The van der Waals surface area contributed by atoms with Crippen molar-refractivity contribution >= 4 is 0 Å². The number of rotatable bonds is 1. The standard InChI is InChI=1S/C11H15NO/c1-8(2)11-10-7-13-6-4-9(10)3-5-12-11/h3,5,8H,4,6-7H2,1-2H3. The fourth-order valence-corrected chi connectivity index (χ4v) is 1.81. The summed E-state index contributed by atoms with van der Waals surface area (Å²) in [5.74, 6) is 0.497. The maximum absolute atomic E-state index is 5.45. The first-order chi connectivity index (χ1) is 6.29. The Bertz CT molecular complexity index is 307. The second-order valence-corrected chi connectivity index (χ2v) is 3.79. The molecule has 0 unspecified atom stereocenters. The maximum Gasteiger partial charge on any atom is 0.0737 e. The first kappa shape index (κ1) is 8.70. The zero-order chi connectivity index (χ0) is 9.26. The van der Waals surface area contributed by atoms with Gasteiger partial charge in [-0.25, -0.2) is 0 Å². The third kappa shape index (κ3) is 1.59. The Kier molecular flexibility index (Phi) is 2.32. The lowest BCUT2D eigenvalue weighted by Crippen LogP contribution is -2.13. The number of hydrogen-bond acceptors (Lipinski definition) is 2. The number of ether oxygens (including phenoxy) is 1. The summed E-state index contributed by atoms with van der Waals surface area (Å²) < 4.78 is 5.45. The van der Waals surface area contributed by atoms with Gasteiger partial charge in [0.1, 0.15) is 0 Å². The molecule has 1 aromatic heterocycles. The van der Waals surface area contributed by atoms with Gasteiger partial charge in [-0.2, -0.15) is 0 Å². The summed E-state index contributed by atoms with van der Waals surface area (Å²) in [7, 11) is 0. The van der Waals surface area contributed by atoms with Gasteiger partial charge in [0.25, 0.3) is 0 Å². The van der Waals surface area contributed by atoms with Gasteiger partial charge in [0.05, 0.1) is 13.2 Å². The van der Waals surface area contributed by atoms with Gasteiger partial charge in [0, 0.05) is 17.5 Å². The van der Waals surface area contributed by atoms with Gasteiger partial charge < -0.3 is 4.74 Å². The van der Waals surface area contributed by atoms with E-state index in [0.29, 0.717) is 5.92 Å². The second-order valence-electron chi connectivity index (χ2n) is 3.79. The van der Waals surface area contributed by atoms with Crippen LogP contribution in [0.1, 0.15) is 36.6 Å². The molecule has 1 aromatic rings. The van der Waals surface area contributed by atoms with E-state index in [9.17, 15) is 0 Å². The molecule has 2 rings (SSSR count). The van der Waals surface area contributed by atoms with Crippen molar-refractivity contribution in [3.8, 4) is 0 Å². The van der Waals surface area contributed by atoms with Gasteiger partial charge in [-0.3, -0.25) is 4.98 Å². The molecular formula is C11H15NO. The molecule has 0 fully saturated rings. The van der Waals surface area contributed by atoms with E-state index < -0.39 is 0 Å². The molecule has 1 aliphatic heterocycles. The fourth-order valence-electron chi connectivity index (χ4n) is 1.81. The molecule has 0 spiro atoms. The molecule has 2 heteroatoms. The van der Waals surface area contributed by atoms with Crippen molar-refractivity contribution < 1.29 is 4.74 Å². The summed E-state index contributed by atoms with van der Waals surface area (Å²) in [5.41, 5.74) is 3.95. The molecule has 70 valence electrons. The highest BCUT2D eigenvalue weighted by atomic mass is 16.5. The van der Waals surface area contributed by atoms with Gasteiger partial charge in [0.2, 0.25) is 0 Å². The fraction of sp³-hybridized carbons (Fsp3) is 0.545. The molecule has 0 saturated carbocycles. The Morgan fingerprint density at radius 1 is 1.46 bits per heavy atom. The topological polar surface area (TPSA) is 22.1 Å². The molecule has 0 aliphatic carbocycles. The van der Waals surface area contributed by atoms with Crippen molar-refractivity contribution in [3.05, 3.63) is 29.1 Å². The van der Waals surface area contributed by atoms with Crippen molar-refractivity contribution in [3.63, 3.8) is 0 Å². The van der Waals surface area contributed by atoms with Crippen LogP contribution in [0.2, 0.25) is 0 Å². The average Bonchev–Trinajstić information content (AvgIpc) is 2.17. The molecule has 2 heterocycles. The van der Waals surface area contributed by atoms with Crippen molar-refractivity contribution in [2.45, 2.75) is 32.8 Å². The van der Waals surface area contributed by atoms with Crippen LogP contribution in [-0.2, 0) is 17.8 Å².